The average Bonchev–Trinajstić information content (AvgIpc) is 2.53. The van der Waals surface area contributed by atoms with Gasteiger partial charge in [0.2, 0.25) is 5.91 Å². The standard InChI is InChI=1S/C16H22N2O3/c1-2-12-5-7-14(8-6-12)21-11-15(19)18-9-3-4-13(10-18)16(17)20/h5-8,13H,2-4,9-11H2,1H3,(H2,17,20). The Bertz CT molecular complexity index is 499. The minimum Gasteiger partial charge on any atom is -0.484 e. The van der Waals surface area contributed by atoms with Crippen LogP contribution in [0.3, 0.4) is 0 Å². The van der Waals surface area contributed by atoms with Crippen LogP contribution in [0.15, 0.2) is 24.3 Å². The summed E-state index contributed by atoms with van der Waals surface area (Å²) in [6.07, 6.45) is 2.55. The SMILES string of the molecule is CCc1ccc(OCC(=O)N2CCCC(C(N)=O)C2)cc1. The van der Waals surface area contributed by atoms with Crippen LogP contribution >= 0.6 is 0 Å². The monoisotopic (exact) mass is 290 g/mol. The van der Waals surface area contributed by atoms with Gasteiger partial charge in [-0.3, -0.25) is 9.59 Å². The van der Waals surface area contributed by atoms with Gasteiger partial charge in [-0.05, 0) is 37.0 Å². The molecule has 114 valence electrons. The Balaban J connectivity index is 1.84. The van der Waals surface area contributed by atoms with E-state index in [9.17, 15) is 9.59 Å². The number of piperidine rings is 1. The lowest BCUT2D eigenvalue weighted by Gasteiger charge is -2.31. The van der Waals surface area contributed by atoms with Crippen LogP contribution in [-0.4, -0.2) is 36.4 Å². The first-order chi connectivity index (χ1) is 10.1. The maximum Gasteiger partial charge on any atom is 0.260 e. The second-order valence-electron chi connectivity index (χ2n) is 5.37. The van der Waals surface area contributed by atoms with E-state index >= 15 is 0 Å². The molecule has 1 aromatic carbocycles. The third-order valence-electron chi connectivity index (χ3n) is 3.87. The van der Waals surface area contributed by atoms with Gasteiger partial charge in [-0.15, -0.1) is 0 Å². The number of nitrogens with two attached hydrogens (primary N) is 1. The molecule has 1 saturated heterocycles. The Kier molecular flexibility index (Phi) is 5.20. The highest BCUT2D eigenvalue weighted by molar-refractivity contribution is 5.81. The predicted molar refractivity (Wildman–Crippen MR) is 79.8 cm³/mol. The van der Waals surface area contributed by atoms with Gasteiger partial charge in [-0.2, -0.15) is 0 Å². The molecule has 0 aromatic heterocycles. The van der Waals surface area contributed by atoms with Gasteiger partial charge < -0.3 is 15.4 Å². The number of likely N-dealkylation sites (tertiary alicyclic amines) is 1. The van der Waals surface area contributed by atoms with E-state index in [1.54, 1.807) is 4.90 Å². The van der Waals surface area contributed by atoms with E-state index in [-0.39, 0.29) is 24.3 Å². The smallest absolute Gasteiger partial charge is 0.260 e. The van der Waals surface area contributed by atoms with Crippen molar-refractivity contribution in [1.29, 1.82) is 0 Å². The van der Waals surface area contributed by atoms with Crippen molar-refractivity contribution in [3.63, 3.8) is 0 Å². The van der Waals surface area contributed by atoms with E-state index < -0.39 is 0 Å². The molecule has 21 heavy (non-hydrogen) atoms. The zero-order valence-corrected chi connectivity index (χ0v) is 12.4. The molecule has 5 nitrogen and oxygen atoms in total. The van der Waals surface area contributed by atoms with Gasteiger partial charge in [0.05, 0.1) is 5.92 Å². The highest BCUT2D eigenvalue weighted by Gasteiger charge is 2.26. The Morgan fingerprint density at radius 3 is 2.67 bits per heavy atom. The first-order valence-electron chi connectivity index (χ1n) is 7.39. The summed E-state index contributed by atoms with van der Waals surface area (Å²) in [6, 6.07) is 7.72. The molecule has 1 atom stereocenters. The van der Waals surface area contributed by atoms with Crippen LogP contribution in [0.2, 0.25) is 0 Å². The molecule has 1 aromatic rings. The van der Waals surface area contributed by atoms with Gasteiger partial charge in [0.1, 0.15) is 5.75 Å². The largest absolute Gasteiger partial charge is 0.484 e. The number of carbonyl (C=O) groups excluding carboxylic acids is 2. The number of ether oxygens (including phenoxy) is 1. The van der Waals surface area contributed by atoms with Crippen molar-refractivity contribution in [3.05, 3.63) is 29.8 Å². The van der Waals surface area contributed by atoms with Crippen molar-refractivity contribution in [2.45, 2.75) is 26.2 Å². The van der Waals surface area contributed by atoms with Crippen molar-refractivity contribution in [2.24, 2.45) is 11.7 Å². The van der Waals surface area contributed by atoms with Crippen LogP contribution in [0.4, 0.5) is 0 Å². The molecular weight excluding hydrogens is 268 g/mol. The molecule has 5 heteroatoms. The van der Waals surface area contributed by atoms with Gasteiger partial charge in [0.25, 0.3) is 5.91 Å². The molecule has 0 radical (unpaired) electrons. The first kappa shape index (κ1) is 15.4. The minimum absolute atomic E-state index is 0.00302. The molecule has 2 N–H and O–H groups in total. The molecule has 1 fully saturated rings. The Morgan fingerprint density at radius 2 is 2.05 bits per heavy atom. The van der Waals surface area contributed by atoms with Crippen LogP contribution in [-0.2, 0) is 16.0 Å². The Morgan fingerprint density at radius 1 is 1.33 bits per heavy atom. The Labute approximate surface area is 125 Å². The maximum absolute atomic E-state index is 12.1. The molecule has 0 aliphatic carbocycles. The van der Waals surface area contributed by atoms with Crippen molar-refractivity contribution in [3.8, 4) is 5.75 Å². The fourth-order valence-electron chi connectivity index (χ4n) is 2.49. The van der Waals surface area contributed by atoms with E-state index in [1.807, 2.05) is 24.3 Å². The van der Waals surface area contributed by atoms with Crippen molar-refractivity contribution in [1.82, 2.24) is 4.90 Å². The van der Waals surface area contributed by atoms with E-state index in [0.29, 0.717) is 18.8 Å². The highest BCUT2D eigenvalue weighted by Crippen LogP contribution is 2.17. The maximum atomic E-state index is 12.1. The summed E-state index contributed by atoms with van der Waals surface area (Å²) in [7, 11) is 0. The lowest BCUT2D eigenvalue weighted by Crippen LogP contribution is -2.45. The first-order valence-corrected chi connectivity index (χ1v) is 7.39. The van der Waals surface area contributed by atoms with Crippen LogP contribution in [0.1, 0.15) is 25.3 Å². The van der Waals surface area contributed by atoms with Gasteiger partial charge in [-0.25, -0.2) is 0 Å². The summed E-state index contributed by atoms with van der Waals surface area (Å²) < 4.78 is 5.51. The molecule has 0 bridgehead atoms. The average molecular weight is 290 g/mol. The van der Waals surface area contributed by atoms with Gasteiger partial charge >= 0.3 is 0 Å². The summed E-state index contributed by atoms with van der Waals surface area (Å²) in [5.41, 5.74) is 6.54. The zero-order valence-electron chi connectivity index (χ0n) is 12.4. The van der Waals surface area contributed by atoms with E-state index in [1.165, 1.54) is 5.56 Å². The lowest BCUT2D eigenvalue weighted by molar-refractivity contribution is -0.136. The summed E-state index contributed by atoms with van der Waals surface area (Å²) >= 11 is 0. The number of hydrogen-bond acceptors (Lipinski definition) is 3. The predicted octanol–water partition coefficient (Wildman–Crippen LogP) is 1.35. The molecule has 2 amide bonds. The van der Waals surface area contributed by atoms with Gasteiger partial charge in [0.15, 0.2) is 6.61 Å². The van der Waals surface area contributed by atoms with E-state index in [2.05, 4.69) is 6.92 Å². The molecule has 0 spiro atoms. The minimum atomic E-state index is -0.330. The van der Waals surface area contributed by atoms with Crippen molar-refractivity contribution < 1.29 is 14.3 Å². The molecule has 0 saturated carbocycles. The number of nitrogens with zero attached hydrogens (tertiary/aromatic N) is 1. The second kappa shape index (κ2) is 7.11. The fourth-order valence-corrected chi connectivity index (χ4v) is 2.49. The number of aryl methyl sites for hydroxylation is 1. The Hall–Kier alpha value is -2.04. The summed E-state index contributed by atoms with van der Waals surface area (Å²) in [5.74, 6) is 0.0274. The molecule has 1 aliphatic heterocycles. The number of benzene rings is 1. The third-order valence-corrected chi connectivity index (χ3v) is 3.87. The van der Waals surface area contributed by atoms with Crippen molar-refractivity contribution >= 4 is 11.8 Å². The van der Waals surface area contributed by atoms with Crippen LogP contribution in [0, 0.1) is 5.92 Å². The molecule has 1 unspecified atom stereocenters. The van der Waals surface area contributed by atoms with Gasteiger partial charge in [-0.1, -0.05) is 19.1 Å². The molecule has 1 aliphatic rings. The van der Waals surface area contributed by atoms with Gasteiger partial charge in [0, 0.05) is 13.1 Å². The molecular formula is C16H22N2O3. The lowest BCUT2D eigenvalue weighted by atomic mass is 9.97. The van der Waals surface area contributed by atoms with E-state index in [0.717, 1.165) is 19.3 Å². The zero-order chi connectivity index (χ0) is 15.2. The number of rotatable bonds is 5. The topological polar surface area (TPSA) is 72.6 Å². The number of amides is 2. The molecule has 1 heterocycles. The third kappa shape index (κ3) is 4.21. The second-order valence-corrected chi connectivity index (χ2v) is 5.37. The normalized spacial score (nSPS) is 18.3. The highest BCUT2D eigenvalue weighted by atomic mass is 16.5. The fraction of sp³-hybridized carbons (Fsp3) is 0.500. The summed E-state index contributed by atoms with van der Waals surface area (Å²) in [4.78, 5) is 25.0. The molecule has 2 rings (SSSR count). The number of hydrogen-bond donors (Lipinski definition) is 1. The van der Waals surface area contributed by atoms with Crippen LogP contribution in [0.5, 0.6) is 5.75 Å². The summed E-state index contributed by atoms with van der Waals surface area (Å²) in [5, 5.41) is 0. The van der Waals surface area contributed by atoms with E-state index in [4.69, 9.17) is 10.5 Å². The van der Waals surface area contributed by atoms with Crippen LogP contribution in [0.25, 0.3) is 0 Å². The quantitative estimate of drug-likeness (QED) is 0.889. The number of carbonyl (C=O) groups is 2. The summed E-state index contributed by atoms with van der Waals surface area (Å²) in [6.45, 7) is 3.16. The number of primary amides is 1. The van der Waals surface area contributed by atoms with Crippen molar-refractivity contribution in [2.75, 3.05) is 19.7 Å². The van der Waals surface area contributed by atoms with Crippen LogP contribution < -0.4 is 10.5 Å².